The van der Waals surface area contributed by atoms with Gasteiger partial charge >= 0.3 is 17.9 Å². The van der Waals surface area contributed by atoms with E-state index in [-0.39, 0.29) is 115 Å². The number of benzene rings is 2. The molecule has 2 aromatic carbocycles. The monoisotopic (exact) mass is 892 g/mol. The summed E-state index contributed by atoms with van der Waals surface area (Å²) < 4.78 is 0. The van der Waals surface area contributed by atoms with Crippen molar-refractivity contribution in [1.82, 2.24) is 40.5 Å². The number of primary amides is 1. The van der Waals surface area contributed by atoms with Gasteiger partial charge in [-0.15, -0.1) is 0 Å². The van der Waals surface area contributed by atoms with Crippen molar-refractivity contribution in [2.24, 2.45) is 5.73 Å². The molecule has 0 saturated carbocycles. The van der Waals surface area contributed by atoms with Gasteiger partial charge in [-0.25, -0.2) is 0 Å². The Labute approximate surface area is 368 Å². The lowest BCUT2D eigenvalue weighted by Crippen LogP contribution is -2.52. The van der Waals surface area contributed by atoms with Crippen molar-refractivity contribution in [2.45, 2.75) is 38.3 Å². The number of rotatable bonds is 21. The van der Waals surface area contributed by atoms with Gasteiger partial charge in [-0.1, -0.05) is 18.2 Å². The fourth-order valence-corrected chi connectivity index (χ4v) is 7.02. The number of fused-ring (bicyclic) bond motifs is 1. The van der Waals surface area contributed by atoms with Gasteiger partial charge in [-0.3, -0.25) is 62.8 Å². The Kier molecular flexibility index (Phi) is 19.3. The first-order chi connectivity index (χ1) is 30.4. The Morgan fingerprint density at radius 1 is 0.672 bits per heavy atom. The maximum absolute atomic E-state index is 13.5. The zero-order chi connectivity index (χ0) is 46.8. The number of para-hydroxylation sites is 1. The molecule has 0 spiro atoms. The standard InChI is InChI=1S/C42H56N10O12/c1-27(53)34(20-29-21-44-32-5-3-2-4-31(29)32)48-42(64)33(10-11-35(43)54)47-41(63)28-6-8-30(9-7-28)46-36(55)22-45-37(56)23-49-12-14-50(24-38(57)58)16-18-52(26-40(61)62)19-17-51(15-13-49)25-39(59)60/h2-9,21,33-34,44H,10-20,22-26H2,1H3,(H2,43,54)(H,45,56)(H,46,55)(H,47,63)(H,48,64)(H,57,58)(H,59,60)(H,61,62)/t33-,34-/m0/s1. The number of aliphatic carboxylic acids is 3. The number of carboxylic acid groups (broad SMARTS) is 3. The lowest BCUT2D eigenvalue weighted by molar-refractivity contribution is -0.140. The van der Waals surface area contributed by atoms with Crippen LogP contribution in [0, 0.1) is 0 Å². The fraction of sp³-hybridized carbons (Fsp3) is 0.452. The number of nitrogens with one attached hydrogen (secondary N) is 5. The number of Topliss-reactive ketones (excluding diaryl/α,β-unsaturated/α-hetero) is 1. The summed E-state index contributed by atoms with van der Waals surface area (Å²) in [4.78, 5) is 121. The molecule has 0 radical (unpaired) electrons. The van der Waals surface area contributed by atoms with Crippen LogP contribution in [0.4, 0.5) is 5.69 Å². The van der Waals surface area contributed by atoms with Crippen LogP contribution in [0.1, 0.15) is 35.7 Å². The summed E-state index contributed by atoms with van der Waals surface area (Å²) in [5.41, 5.74) is 7.40. The van der Waals surface area contributed by atoms with E-state index in [0.29, 0.717) is 0 Å². The van der Waals surface area contributed by atoms with Gasteiger partial charge in [0.1, 0.15) is 6.04 Å². The van der Waals surface area contributed by atoms with Crippen molar-refractivity contribution in [3.8, 4) is 0 Å². The van der Waals surface area contributed by atoms with E-state index in [9.17, 15) is 58.5 Å². The van der Waals surface area contributed by atoms with Gasteiger partial charge in [-0.2, -0.15) is 0 Å². The van der Waals surface area contributed by atoms with Crippen LogP contribution in [0.5, 0.6) is 0 Å². The van der Waals surface area contributed by atoms with Crippen LogP contribution in [-0.2, 0) is 44.8 Å². The molecule has 1 aliphatic heterocycles. The zero-order valence-corrected chi connectivity index (χ0v) is 35.5. The van der Waals surface area contributed by atoms with Crippen molar-refractivity contribution in [2.75, 3.05) is 90.4 Å². The second kappa shape index (κ2) is 24.8. The van der Waals surface area contributed by atoms with Gasteiger partial charge in [0.2, 0.25) is 23.6 Å². The van der Waals surface area contributed by atoms with E-state index >= 15 is 0 Å². The highest BCUT2D eigenvalue weighted by Crippen LogP contribution is 2.20. The number of ketones is 1. The number of carbonyl (C=O) groups is 9. The van der Waals surface area contributed by atoms with Gasteiger partial charge in [0.15, 0.2) is 5.78 Å². The first-order valence-corrected chi connectivity index (χ1v) is 20.6. The molecule has 346 valence electrons. The minimum absolute atomic E-state index is 0.109. The molecule has 0 aliphatic carbocycles. The highest BCUT2D eigenvalue weighted by molar-refractivity contribution is 6.00. The average Bonchev–Trinajstić information content (AvgIpc) is 3.64. The van der Waals surface area contributed by atoms with Crippen molar-refractivity contribution < 1.29 is 58.5 Å². The largest absolute Gasteiger partial charge is 0.480 e. The van der Waals surface area contributed by atoms with E-state index in [1.54, 1.807) is 25.8 Å². The number of carbonyl (C=O) groups excluding carboxylic acids is 6. The summed E-state index contributed by atoms with van der Waals surface area (Å²) >= 11 is 0. The number of H-pyrrole nitrogens is 1. The Hall–Kier alpha value is -6.75. The number of carboxylic acids is 3. The summed E-state index contributed by atoms with van der Waals surface area (Å²) in [5, 5.41) is 39.6. The molecule has 1 fully saturated rings. The molecule has 22 heteroatoms. The maximum atomic E-state index is 13.5. The molecular weight excluding hydrogens is 837 g/mol. The topological polar surface area (TPSA) is 317 Å². The van der Waals surface area contributed by atoms with Crippen LogP contribution < -0.4 is 27.0 Å². The molecule has 10 N–H and O–H groups in total. The Morgan fingerprint density at radius 3 is 1.69 bits per heavy atom. The van der Waals surface area contributed by atoms with E-state index in [4.69, 9.17) is 5.73 Å². The van der Waals surface area contributed by atoms with E-state index in [2.05, 4.69) is 26.3 Å². The Morgan fingerprint density at radius 2 is 1.19 bits per heavy atom. The van der Waals surface area contributed by atoms with Crippen molar-refractivity contribution in [1.29, 1.82) is 0 Å². The number of amides is 5. The molecule has 2 heterocycles. The maximum Gasteiger partial charge on any atom is 0.317 e. The SMILES string of the molecule is CC(=O)[C@H](Cc1c[nH]c2ccccc12)NC(=O)[C@H](CCC(N)=O)NC(=O)c1ccc(NC(=O)CNC(=O)CN2CCN(CC(=O)O)CCN(CC(=O)O)CCN(CC(=O)O)CC2)cc1. The van der Waals surface area contributed by atoms with Crippen LogP contribution in [0.2, 0.25) is 0 Å². The van der Waals surface area contributed by atoms with E-state index < -0.39 is 66.1 Å². The first-order valence-electron chi connectivity index (χ1n) is 20.6. The molecule has 5 amide bonds. The second-order valence-electron chi connectivity index (χ2n) is 15.5. The predicted molar refractivity (Wildman–Crippen MR) is 231 cm³/mol. The number of hydrogen-bond donors (Lipinski definition) is 9. The molecule has 0 bridgehead atoms. The van der Waals surface area contributed by atoms with Crippen molar-refractivity contribution in [3.63, 3.8) is 0 Å². The van der Waals surface area contributed by atoms with Crippen LogP contribution in [0.25, 0.3) is 10.9 Å². The zero-order valence-electron chi connectivity index (χ0n) is 35.5. The third kappa shape index (κ3) is 17.2. The molecule has 1 saturated heterocycles. The summed E-state index contributed by atoms with van der Waals surface area (Å²) in [5.74, 6) is -6.73. The van der Waals surface area contributed by atoms with Gasteiger partial charge in [0.05, 0.1) is 38.8 Å². The molecule has 64 heavy (non-hydrogen) atoms. The summed E-state index contributed by atoms with van der Waals surface area (Å²) in [6.07, 6.45) is 1.58. The summed E-state index contributed by atoms with van der Waals surface area (Å²) in [6, 6.07) is 11.0. The molecule has 4 rings (SSSR count). The molecule has 22 nitrogen and oxygen atoms in total. The van der Waals surface area contributed by atoms with Gasteiger partial charge in [0, 0.05) is 93.6 Å². The van der Waals surface area contributed by atoms with Gasteiger partial charge < -0.3 is 47.3 Å². The van der Waals surface area contributed by atoms with Gasteiger partial charge in [-0.05, 0) is 49.2 Å². The predicted octanol–water partition coefficient (Wildman–Crippen LogP) is -1.62. The number of hydrogen-bond acceptors (Lipinski definition) is 13. The normalized spacial score (nSPS) is 15.7. The third-order valence-electron chi connectivity index (χ3n) is 10.5. The smallest absolute Gasteiger partial charge is 0.317 e. The lowest BCUT2D eigenvalue weighted by atomic mass is 10.0. The van der Waals surface area contributed by atoms with Crippen LogP contribution in [0.15, 0.2) is 54.7 Å². The number of aromatic amines is 1. The number of aromatic nitrogens is 1. The van der Waals surface area contributed by atoms with E-state index in [0.717, 1.165) is 16.5 Å². The highest BCUT2D eigenvalue weighted by atomic mass is 16.4. The second-order valence-corrected chi connectivity index (χ2v) is 15.5. The number of anilines is 1. The number of nitrogens with two attached hydrogens (primary N) is 1. The molecule has 1 aromatic heterocycles. The van der Waals surface area contributed by atoms with Crippen molar-refractivity contribution >= 4 is 69.8 Å². The highest BCUT2D eigenvalue weighted by Gasteiger charge is 2.27. The fourth-order valence-electron chi connectivity index (χ4n) is 7.02. The molecule has 1 aliphatic rings. The molecular formula is C42H56N10O12. The summed E-state index contributed by atoms with van der Waals surface area (Å²) in [6.45, 7) is 1.52. The molecule has 2 atom stereocenters. The average molecular weight is 893 g/mol. The minimum Gasteiger partial charge on any atom is -0.480 e. The first kappa shape index (κ1) is 49.9. The van der Waals surface area contributed by atoms with Crippen LogP contribution in [0.3, 0.4) is 0 Å². The summed E-state index contributed by atoms with van der Waals surface area (Å²) in [7, 11) is 0. The third-order valence-corrected chi connectivity index (χ3v) is 10.5. The number of nitrogens with zero attached hydrogens (tertiary/aromatic N) is 4. The quantitative estimate of drug-likeness (QED) is 0.0580. The van der Waals surface area contributed by atoms with Gasteiger partial charge in [0.25, 0.3) is 5.91 Å². The molecule has 0 unspecified atom stereocenters. The molecule has 3 aromatic rings. The minimum atomic E-state index is -1.22. The van der Waals surface area contributed by atoms with E-state index in [1.165, 1.54) is 31.2 Å². The van der Waals surface area contributed by atoms with E-state index in [1.807, 2.05) is 24.3 Å². The Bertz CT molecular complexity index is 2110. The van der Waals surface area contributed by atoms with Crippen molar-refractivity contribution in [3.05, 3.63) is 65.9 Å². The van der Waals surface area contributed by atoms with Crippen LogP contribution >= 0.6 is 0 Å². The Balaban J connectivity index is 1.31. The lowest BCUT2D eigenvalue weighted by Gasteiger charge is -2.32. The van der Waals surface area contributed by atoms with Crippen LogP contribution in [-0.4, -0.2) is 190 Å².